The molecule has 3 N–H and O–H groups in total. The van der Waals surface area contributed by atoms with Gasteiger partial charge < -0.3 is 20.5 Å². The summed E-state index contributed by atoms with van der Waals surface area (Å²) >= 11 is 1.06. The fraction of sp³-hybridized carbons (Fsp3) is 0.333. The van der Waals surface area contributed by atoms with Crippen LogP contribution in [0.2, 0.25) is 0 Å². The summed E-state index contributed by atoms with van der Waals surface area (Å²) < 4.78 is 40.6. The highest BCUT2D eigenvalue weighted by atomic mass is 35.5. The zero-order chi connectivity index (χ0) is 20.6. The van der Waals surface area contributed by atoms with Gasteiger partial charge in [-0.15, -0.1) is 12.4 Å². The maximum atomic E-state index is 15.6. The number of aliphatic imine (C=N–C) groups is 1. The predicted molar refractivity (Wildman–Crippen MR) is 111 cm³/mol. The third kappa shape index (κ3) is 3.68. The molecule has 0 saturated carbocycles. The Bertz CT molecular complexity index is 996. The second-order valence-electron chi connectivity index (χ2n) is 6.65. The normalized spacial score (nSPS) is 25.0. The summed E-state index contributed by atoms with van der Waals surface area (Å²) in [6.07, 6.45) is 2.55. The van der Waals surface area contributed by atoms with Crippen molar-refractivity contribution in [1.82, 2.24) is 9.97 Å². The van der Waals surface area contributed by atoms with Crippen LogP contribution in [0.15, 0.2) is 35.6 Å². The van der Waals surface area contributed by atoms with Gasteiger partial charge in [0.2, 0.25) is 5.88 Å². The number of hydrogen-bond donors (Lipinski definition) is 2. The monoisotopic (exact) mass is 457 g/mol. The van der Waals surface area contributed by atoms with Crippen molar-refractivity contribution in [3.05, 3.63) is 47.7 Å². The molecule has 2 aliphatic rings. The zero-order valence-corrected chi connectivity index (χ0v) is 17.4. The van der Waals surface area contributed by atoms with Crippen LogP contribution in [-0.4, -0.2) is 52.8 Å². The first-order valence-electron chi connectivity index (χ1n) is 8.59. The van der Waals surface area contributed by atoms with E-state index in [4.69, 9.17) is 15.2 Å². The van der Waals surface area contributed by atoms with Crippen molar-refractivity contribution < 1.29 is 23.0 Å². The molecule has 0 radical (unpaired) electrons. The van der Waals surface area contributed by atoms with Crippen LogP contribution in [0, 0.1) is 5.82 Å². The van der Waals surface area contributed by atoms with Gasteiger partial charge in [-0.1, -0.05) is 11.8 Å². The number of methoxy groups -OCH3 is 1. The van der Waals surface area contributed by atoms with Crippen molar-refractivity contribution in [2.75, 3.05) is 31.4 Å². The van der Waals surface area contributed by atoms with E-state index in [-0.39, 0.29) is 59.4 Å². The third-order valence-corrected chi connectivity index (χ3v) is 5.86. The Morgan fingerprint density at radius 1 is 1.33 bits per heavy atom. The first-order chi connectivity index (χ1) is 13.9. The number of thioether (sulfide) groups is 1. The Morgan fingerprint density at radius 2 is 2.13 bits per heavy atom. The Balaban J connectivity index is 0.00000256. The van der Waals surface area contributed by atoms with E-state index in [1.54, 1.807) is 0 Å². The number of nitrogens with two attached hydrogens (primary N) is 1. The number of halogens is 3. The number of carbonyl (C=O) groups is 1. The lowest BCUT2D eigenvalue weighted by Crippen LogP contribution is -2.52. The molecule has 0 bridgehead atoms. The molecule has 0 aliphatic carbocycles. The van der Waals surface area contributed by atoms with Crippen LogP contribution in [0.5, 0.6) is 5.88 Å². The number of fused-ring (bicyclic) bond motifs is 1. The SMILES string of the molecule is COc1cnc(C(=O)Nc2ccc(F)c(C34COCC3(F)CSC(N)=N4)c2)cn1.Cl. The number of amides is 1. The van der Waals surface area contributed by atoms with Crippen molar-refractivity contribution >= 4 is 40.9 Å². The van der Waals surface area contributed by atoms with Crippen LogP contribution in [0.4, 0.5) is 14.5 Å². The van der Waals surface area contributed by atoms with Gasteiger partial charge in [-0.3, -0.25) is 4.79 Å². The summed E-state index contributed by atoms with van der Waals surface area (Å²) in [7, 11) is 1.43. The molecule has 2 aromatic rings. The number of rotatable bonds is 4. The van der Waals surface area contributed by atoms with Crippen LogP contribution < -0.4 is 15.8 Å². The first-order valence-corrected chi connectivity index (χ1v) is 9.58. The molecular weight excluding hydrogens is 440 g/mol. The van der Waals surface area contributed by atoms with Crippen molar-refractivity contribution in [3.63, 3.8) is 0 Å². The van der Waals surface area contributed by atoms with E-state index in [1.165, 1.54) is 31.6 Å². The summed E-state index contributed by atoms with van der Waals surface area (Å²) in [5, 5.41) is 2.76. The summed E-state index contributed by atoms with van der Waals surface area (Å²) in [6.45, 7) is -0.364. The van der Waals surface area contributed by atoms with Gasteiger partial charge in [0.05, 0.1) is 32.7 Å². The third-order valence-electron chi connectivity index (χ3n) is 4.87. The maximum Gasteiger partial charge on any atom is 0.275 e. The molecule has 160 valence electrons. The topological polar surface area (TPSA) is 112 Å². The molecule has 1 aromatic heterocycles. The van der Waals surface area contributed by atoms with Crippen LogP contribution in [0.1, 0.15) is 16.1 Å². The number of alkyl halides is 1. The molecule has 2 atom stereocenters. The number of amidine groups is 1. The Morgan fingerprint density at radius 3 is 2.83 bits per heavy atom. The molecule has 2 aliphatic heterocycles. The zero-order valence-electron chi connectivity index (χ0n) is 15.7. The number of hydrogen-bond acceptors (Lipinski definition) is 8. The lowest BCUT2D eigenvalue weighted by molar-refractivity contribution is 0.102. The average Bonchev–Trinajstić information content (AvgIpc) is 3.06. The molecule has 30 heavy (non-hydrogen) atoms. The van der Waals surface area contributed by atoms with Gasteiger partial charge in [0.15, 0.2) is 16.4 Å². The van der Waals surface area contributed by atoms with Crippen LogP contribution >= 0.6 is 24.2 Å². The summed E-state index contributed by atoms with van der Waals surface area (Å²) in [5.74, 6) is -0.967. The number of nitrogens with zero attached hydrogens (tertiary/aromatic N) is 3. The van der Waals surface area contributed by atoms with Gasteiger partial charge in [-0.2, -0.15) is 0 Å². The molecule has 12 heteroatoms. The predicted octanol–water partition coefficient (Wildman–Crippen LogP) is 2.29. The molecule has 0 spiro atoms. The highest BCUT2D eigenvalue weighted by molar-refractivity contribution is 8.13. The second kappa shape index (κ2) is 8.32. The second-order valence-corrected chi connectivity index (χ2v) is 7.65. The molecular formula is C18H18ClF2N5O3S. The number of carbonyl (C=O) groups excluding carboxylic acids is 1. The number of anilines is 1. The molecule has 1 amide bonds. The lowest BCUT2D eigenvalue weighted by atomic mass is 9.79. The maximum absolute atomic E-state index is 15.6. The number of nitrogens with one attached hydrogen (secondary N) is 1. The molecule has 1 fully saturated rings. The van der Waals surface area contributed by atoms with E-state index in [1.807, 2.05) is 0 Å². The van der Waals surface area contributed by atoms with Crippen molar-refractivity contribution in [2.24, 2.45) is 10.7 Å². The fourth-order valence-corrected chi connectivity index (χ4v) is 4.26. The van der Waals surface area contributed by atoms with E-state index < -0.39 is 22.9 Å². The smallest absolute Gasteiger partial charge is 0.275 e. The van der Waals surface area contributed by atoms with Gasteiger partial charge in [0.1, 0.15) is 11.5 Å². The summed E-state index contributed by atoms with van der Waals surface area (Å²) in [5.41, 5.74) is 2.56. The molecule has 1 saturated heterocycles. The van der Waals surface area contributed by atoms with Crippen LogP contribution in [0.25, 0.3) is 0 Å². The van der Waals surface area contributed by atoms with Gasteiger partial charge in [-0.25, -0.2) is 23.7 Å². The van der Waals surface area contributed by atoms with Crippen LogP contribution in [0.3, 0.4) is 0 Å². The van der Waals surface area contributed by atoms with E-state index in [0.29, 0.717) is 0 Å². The Labute approximate surface area is 181 Å². The van der Waals surface area contributed by atoms with Gasteiger partial charge in [-0.05, 0) is 18.2 Å². The van der Waals surface area contributed by atoms with Crippen LogP contribution in [-0.2, 0) is 10.3 Å². The quantitative estimate of drug-likeness (QED) is 0.724. The first kappa shape index (κ1) is 22.2. The average molecular weight is 458 g/mol. The number of ether oxygens (including phenoxy) is 2. The standard InChI is InChI=1S/C18H17F2N5O3S.ClH/c1-27-14-6-22-13(5-23-14)15(26)24-10-2-3-12(19)11(4-10)18-8-28-7-17(18,20)9-29-16(21)25-18;/h2-6H,7-9H2,1H3,(H2,21,25)(H,24,26);1H. The number of benzene rings is 1. The largest absolute Gasteiger partial charge is 0.480 e. The van der Waals surface area contributed by atoms with E-state index >= 15 is 4.39 Å². The van der Waals surface area contributed by atoms with E-state index in [2.05, 4.69) is 20.3 Å². The lowest BCUT2D eigenvalue weighted by Gasteiger charge is -2.38. The van der Waals surface area contributed by atoms with E-state index in [0.717, 1.165) is 17.8 Å². The Hall–Kier alpha value is -2.50. The minimum atomic E-state index is -1.91. The number of aromatic nitrogens is 2. The fourth-order valence-electron chi connectivity index (χ4n) is 3.34. The van der Waals surface area contributed by atoms with Gasteiger partial charge in [0, 0.05) is 17.0 Å². The van der Waals surface area contributed by atoms with Crippen molar-refractivity contribution in [1.29, 1.82) is 0 Å². The molecule has 4 rings (SSSR count). The molecule has 2 unspecified atom stereocenters. The van der Waals surface area contributed by atoms with E-state index in [9.17, 15) is 9.18 Å². The molecule has 8 nitrogen and oxygen atoms in total. The van der Waals surface area contributed by atoms with Gasteiger partial charge >= 0.3 is 0 Å². The minimum Gasteiger partial charge on any atom is -0.480 e. The molecule has 3 heterocycles. The molecule has 1 aromatic carbocycles. The van der Waals surface area contributed by atoms with Crippen molar-refractivity contribution in [2.45, 2.75) is 11.2 Å². The Kier molecular flexibility index (Phi) is 6.16. The minimum absolute atomic E-state index is 0. The highest BCUT2D eigenvalue weighted by Gasteiger charge is 2.61. The van der Waals surface area contributed by atoms with Crippen molar-refractivity contribution in [3.8, 4) is 5.88 Å². The summed E-state index contributed by atoms with van der Waals surface area (Å²) in [4.78, 5) is 24.5. The van der Waals surface area contributed by atoms with Gasteiger partial charge in [0.25, 0.3) is 5.91 Å². The highest BCUT2D eigenvalue weighted by Crippen LogP contribution is 2.50. The summed E-state index contributed by atoms with van der Waals surface area (Å²) in [6, 6.07) is 3.86.